The summed E-state index contributed by atoms with van der Waals surface area (Å²) in [5.74, 6) is -1.21. The molecule has 2 heterocycles. The zero-order chi connectivity index (χ0) is 25.9. The normalized spacial score (nSPS) is 18.7. The SMILES string of the molecule is CNC(=O)C1CC(O)CN1C(=O)[C@@H](n1cc(CC(=O)Nc2cccc([N+](=O)[O-])c2)nn1)C(C)(C)C. The monoisotopic (exact) mass is 487 g/mol. The minimum Gasteiger partial charge on any atom is -0.391 e. The maximum absolute atomic E-state index is 13.5. The molecule has 35 heavy (non-hydrogen) atoms. The number of likely N-dealkylation sites (tertiary alicyclic amines) is 1. The van der Waals surface area contributed by atoms with E-state index in [0.29, 0.717) is 5.69 Å². The van der Waals surface area contributed by atoms with Gasteiger partial charge in [-0.25, -0.2) is 4.68 Å². The third-order valence-electron chi connectivity index (χ3n) is 5.67. The average Bonchev–Trinajstić information content (AvgIpc) is 3.38. The summed E-state index contributed by atoms with van der Waals surface area (Å²) in [7, 11) is 1.47. The third kappa shape index (κ3) is 5.98. The molecule has 3 N–H and O–H groups in total. The first-order valence-corrected chi connectivity index (χ1v) is 11.1. The standard InChI is InChI=1S/C22H29N7O6/c1-22(2,3)19(21(33)27-12-16(30)10-17(27)20(32)23-4)28-11-14(25-26-28)9-18(31)24-13-6-5-7-15(8-13)29(34)35/h5-8,11,16-17,19,30H,9-10,12H2,1-4H3,(H,23,32)(H,24,31)/t16?,17?,19-/m1/s1. The molecule has 0 bridgehead atoms. The lowest BCUT2D eigenvalue weighted by molar-refractivity contribution is -0.384. The van der Waals surface area contributed by atoms with E-state index in [-0.39, 0.29) is 42.6 Å². The summed E-state index contributed by atoms with van der Waals surface area (Å²) in [6.45, 7) is 5.55. The fourth-order valence-electron chi connectivity index (χ4n) is 4.10. The number of nitro benzene ring substituents is 1. The summed E-state index contributed by atoms with van der Waals surface area (Å²) in [5.41, 5.74) is -0.220. The number of hydrogen-bond donors (Lipinski definition) is 3. The van der Waals surface area contributed by atoms with Crippen molar-refractivity contribution in [1.82, 2.24) is 25.2 Å². The maximum atomic E-state index is 13.5. The minimum absolute atomic E-state index is 0.0245. The van der Waals surface area contributed by atoms with E-state index >= 15 is 0 Å². The van der Waals surface area contributed by atoms with Gasteiger partial charge in [0.25, 0.3) is 5.69 Å². The van der Waals surface area contributed by atoms with Gasteiger partial charge in [-0.1, -0.05) is 32.1 Å². The van der Waals surface area contributed by atoms with Crippen LogP contribution in [0.5, 0.6) is 0 Å². The fourth-order valence-corrected chi connectivity index (χ4v) is 4.10. The number of nitrogens with zero attached hydrogens (tertiary/aromatic N) is 5. The van der Waals surface area contributed by atoms with Crippen molar-refractivity contribution >= 4 is 29.1 Å². The molecule has 13 nitrogen and oxygen atoms in total. The van der Waals surface area contributed by atoms with E-state index in [2.05, 4.69) is 20.9 Å². The molecule has 1 fully saturated rings. The van der Waals surface area contributed by atoms with Crippen molar-refractivity contribution in [3.8, 4) is 0 Å². The quantitative estimate of drug-likeness (QED) is 0.377. The molecule has 1 aromatic carbocycles. The maximum Gasteiger partial charge on any atom is 0.271 e. The number of carbonyl (C=O) groups excluding carboxylic acids is 3. The third-order valence-corrected chi connectivity index (χ3v) is 5.67. The van der Waals surface area contributed by atoms with E-state index in [0.717, 1.165) is 0 Å². The van der Waals surface area contributed by atoms with Crippen molar-refractivity contribution in [2.45, 2.75) is 51.8 Å². The molecule has 1 aliphatic rings. The number of amides is 3. The van der Waals surface area contributed by atoms with Gasteiger partial charge in [-0.3, -0.25) is 24.5 Å². The summed E-state index contributed by atoms with van der Waals surface area (Å²) >= 11 is 0. The second-order valence-electron chi connectivity index (χ2n) is 9.50. The Morgan fingerprint density at radius 1 is 1.31 bits per heavy atom. The van der Waals surface area contributed by atoms with Crippen molar-refractivity contribution in [2.24, 2.45) is 5.41 Å². The molecular formula is C22H29N7O6. The van der Waals surface area contributed by atoms with Crippen LogP contribution in [0.1, 0.15) is 38.9 Å². The molecule has 2 aromatic rings. The predicted molar refractivity (Wildman–Crippen MR) is 124 cm³/mol. The molecule has 1 saturated heterocycles. The first kappa shape index (κ1) is 25.7. The number of aliphatic hydroxyl groups is 1. The van der Waals surface area contributed by atoms with E-state index < -0.39 is 34.4 Å². The zero-order valence-electron chi connectivity index (χ0n) is 20.0. The number of aliphatic hydroxyl groups excluding tert-OH is 1. The second kappa shape index (κ2) is 10.2. The van der Waals surface area contributed by atoms with Gasteiger partial charge in [0.2, 0.25) is 17.7 Å². The van der Waals surface area contributed by atoms with Gasteiger partial charge in [-0.15, -0.1) is 5.10 Å². The van der Waals surface area contributed by atoms with E-state index in [1.165, 1.54) is 47.1 Å². The van der Waals surface area contributed by atoms with Gasteiger partial charge in [-0.2, -0.15) is 0 Å². The molecule has 3 atom stereocenters. The number of benzene rings is 1. The Hall–Kier alpha value is -3.87. The van der Waals surface area contributed by atoms with Crippen LogP contribution in [-0.2, 0) is 20.8 Å². The molecule has 0 saturated carbocycles. The van der Waals surface area contributed by atoms with Crippen LogP contribution in [0.25, 0.3) is 0 Å². The number of carbonyl (C=O) groups is 3. The van der Waals surface area contributed by atoms with Crippen LogP contribution in [0.4, 0.5) is 11.4 Å². The van der Waals surface area contributed by atoms with Crippen LogP contribution < -0.4 is 10.6 Å². The largest absolute Gasteiger partial charge is 0.391 e. The van der Waals surface area contributed by atoms with Crippen LogP contribution in [0.2, 0.25) is 0 Å². The highest BCUT2D eigenvalue weighted by molar-refractivity contribution is 5.92. The highest BCUT2D eigenvalue weighted by Gasteiger charge is 2.45. The van der Waals surface area contributed by atoms with E-state index in [1.807, 2.05) is 20.8 Å². The highest BCUT2D eigenvalue weighted by Crippen LogP contribution is 2.34. The Labute approximate surface area is 201 Å². The molecule has 188 valence electrons. The van der Waals surface area contributed by atoms with Crippen LogP contribution >= 0.6 is 0 Å². The summed E-state index contributed by atoms with van der Waals surface area (Å²) < 4.78 is 1.36. The Morgan fingerprint density at radius 3 is 2.66 bits per heavy atom. The summed E-state index contributed by atoms with van der Waals surface area (Å²) in [5, 5.41) is 34.2. The van der Waals surface area contributed by atoms with Gasteiger partial charge in [0, 0.05) is 44.0 Å². The van der Waals surface area contributed by atoms with Crippen molar-refractivity contribution in [3.63, 3.8) is 0 Å². The van der Waals surface area contributed by atoms with Gasteiger partial charge in [0.1, 0.15) is 12.1 Å². The van der Waals surface area contributed by atoms with Crippen LogP contribution in [-0.4, -0.2) is 73.4 Å². The van der Waals surface area contributed by atoms with E-state index in [9.17, 15) is 29.6 Å². The van der Waals surface area contributed by atoms with Gasteiger partial charge >= 0.3 is 0 Å². The number of β-amino-alcohol motifs (C(OH)–C–C–N with tert-alkyl or cyclic N) is 1. The van der Waals surface area contributed by atoms with Crippen LogP contribution in [0, 0.1) is 15.5 Å². The fraction of sp³-hybridized carbons (Fsp3) is 0.500. The van der Waals surface area contributed by atoms with Crippen molar-refractivity contribution < 1.29 is 24.4 Å². The topological polar surface area (TPSA) is 173 Å². The molecule has 1 aliphatic heterocycles. The molecule has 13 heteroatoms. The average molecular weight is 488 g/mol. The molecule has 3 rings (SSSR count). The Morgan fingerprint density at radius 2 is 2.03 bits per heavy atom. The second-order valence-corrected chi connectivity index (χ2v) is 9.50. The van der Waals surface area contributed by atoms with Gasteiger partial charge in [0.05, 0.1) is 23.1 Å². The number of anilines is 1. The number of likely N-dealkylation sites (N-methyl/N-ethyl adjacent to an activating group) is 1. The summed E-state index contributed by atoms with van der Waals surface area (Å²) in [4.78, 5) is 50.0. The molecule has 1 aromatic heterocycles. The lowest BCUT2D eigenvalue weighted by Crippen LogP contribution is -2.49. The number of rotatable bonds is 7. The Bertz CT molecular complexity index is 1130. The number of nitrogens with one attached hydrogen (secondary N) is 2. The Balaban J connectivity index is 1.77. The first-order valence-electron chi connectivity index (χ1n) is 11.1. The van der Waals surface area contributed by atoms with Gasteiger partial charge < -0.3 is 20.6 Å². The molecule has 2 unspecified atom stereocenters. The predicted octanol–water partition coefficient (Wildman–Crippen LogP) is 0.663. The number of aromatic nitrogens is 3. The lowest BCUT2D eigenvalue weighted by atomic mass is 9.85. The van der Waals surface area contributed by atoms with E-state index in [4.69, 9.17) is 0 Å². The molecule has 0 radical (unpaired) electrons. The lowest BCUT2D eigenvalue weighted by Gasteiger charge is -2.34. The van der Waals surface area contributed by atoms with Gasteiger partial charge in [0.15, 0.2) is 0 Å². The Kier molecular flexibility index (Phi) is 7.48. The summed E-state index contributed by atoms with van der Waals surface area (Å²) in [6.07, 6.45) is 0.646. The smallest absolute Gasteiger partial charge is 0.271 e. The van der Waals surface area contributed by atoms with Crippen LogP contribution in [0.3, 0.4) is 0 Å². The first-order chi connectivity index (χ1) is 16.4. The van der Waals surface area contributed by atoms with Crippen molar-refractivity contribution in [2.75, 3.05) is 18.9 Å². The van der Waals surface area contributed by atoms with E-state index in [1.54, 1.807) is 0 Å². The zero-order valence-corrected chi connectivity index (χ0v) is 20.0. The number of hydrogen-bond acceptors (Lipinski definition) is 8. The molecule has 0 aliphatic carbocycles. The molecule has 0 spiro atoms. The molecular weight excluding hydrogens is 458 g/mol. The minimum atomic E-state index is -0.846. The molecule has 3 amide bonds. The van der Waals surface area contributed by atoms with Crippen molar-refractivity contribution in [3.05, 3.63) is 46.3 Å². The summed E-state index contributed by atoms with van der Waals surface area (Å²) in [6, 6.07) is 3.92. The highest BCUT2D eigenvalue weighted by atomic mass is 16.6. The van der Waals surface area contributed by atoms with Crippen molar-refractivity contribution in [1.29, 1.82) is 0 Å². The number of nitro groups is 1. The van der Waals surface area contributed by atoms with Gasteiger partial charge in [-0.05, 0) is 11.5 Å². The number of non-ortho nitro benzene ring substituents is 1. The van der Waals surface area contributed by atoms with Crippen LogP contribution in [0.15, 0.2) is 30.5 Å².